The van der Waals surface area contributed by atoms with Gasteiger partial charge in [-0.15, -0.1) is 10.2 Å². The van der Waals surface area contributed by atoms with Crippen molar-refractivity contribution >= 4 is 28.9 Å². The molecule has 0 saturated carbocycles. The number of methoxy groups -OCH3 is 1. The third-order valence-electron chi connectivity index (χ3n) is 4.76. The summed E-state index contributed by atoms with van der Waals surface area (Å²) < 4.78 is 24.4. The number of para-hydroxylation sites is 1. The molecule has 0 aliphatic rings. The molecule has 0 spiro atoms. The number of amides is 1. The van der Waals surface area contributed by atoms with Gasteiger partial charge in [0.05, 0.1) is 35.8 Å². The number of ether oxygens (including phenoxy) is 1. The molecule has 4 aromatic rings. The van der Waals surface area contributed by atoms with Crippen LogP contribution in [0.4, 0.5) is 27.4 Å². The number of carbonyl (C=O) groups is 1. The molecule has 0 bridgehead atoms. The second-order valence-corrected chi connectivity index (χ2v) is 6.89. The molecule has 0 radical (unpaired) electrons. The largest absolute Gasteiger partial charge is 0.494 e. The molecule has 0 atom stereocenters. The van der Waals surface area contributed by atoms with Gasteiger partial charge in [-0.3, -0.25) is 4.79 Å². The molecule has 3 N–H and O–H groups in total. The minimum Gasteiger partial charge on any atom is -0.494 e. The Balaban J connectivity index is 0.00000167. The number of carbonyl (C=O) groups excluding carboxylic acids is 1. The van der Waals surface area contributed by atoms with Crippen LogP contribution in [0, 0.1) is 12.7 Å². The van der Waals surface area contributed by atoms with Crippen LogP contribution in [0.15, 0.2) is 53.5 Å². The highest BCUT2D eigenvalue weighted by molar-refractivity contribution is 6.00. The molecule has 182 valence electrons. The van der Waals surface area contributed by atoms with Crippen LogP contribution in [-0.2, 0) is 0 Å². The monoisotopic (exact) mass is 479 g/mol. The van der Waals surface area contributed by atoms with Gasteiger partial charge < -0.3 is 25.1 Å². The second kappa shape index (κ2) is 11.5. The first kappa shape index (κ1) is 25.1. The Bertz CT molecular complexity index is 1300. The molecule has 4 rings (SSSR count). The molecule has 1 amide bonds. The lowest BCUT2D eigenvalue weighted by molar-refractivity contribution is 0.0963. The zero-order valence-electron chi connectivity index (χ0n) is 20.0. The van der Waals surface area contributed by atoms with E-state index in [0.29, 0.717) is 45.5 Å². The number of hydrogen-bond acceptors (Lipinski definition) is 9. The number of aromatic nitrogens is 4. The lowest BCUT2D eigenvalue weighted by Gasteiger charge is -2.16. The minimum atomic E-state index is -0.404. The van der Waals surface area contributed by atoms with Crippen molar-refractivity contribution in [3.63, 3.8) is 0 Å². The minimum absolute atomic E-state index is 0.289. The predicted molar refractivity (Wildman–Crippen MR) is 131 cm³/mol. The van der Waals surface area contributed by atoms with Crippen molar-refractivity contribution in [1.29, 1.82) is 0 Å². The van der Waals surface area contributed by atoms with Crippen LogP contribution in [0.25, 0.3) is 11.5 Å². The summed E-state index contributed by atoms with van der Waals surface area (Å²) in [5, 5.41) is 16.5. The molecule has 3 aromatic heterocycles. The van der Waals surface area contributed by atoms with Gasteiger partial charge in [-0.2, -0.15) is 0 Å². The van der Waals surface area contributed by atoms with Gasteiger partial charge in [-0.05, 0) is 30.7 Å². The second-order valence-electron chi connectivity index (χ2n) is 6.89. The molecular weight excluding hydrogens is 453 g/mol. The van der Waals surface area contributed by atoms with E-state index in [0.717, 1.165) is 6.20 Å². The van der Waals surface area contributed by atoms with Crippen molar-refractivity contribution in [2.45, 2.75) is 20.8 Å². The van der Waals surface area contributed by atoms with Crippen LogP contribution in [-0.4, -0.2) is 40.2 Å². The van der Waals surface area contributed by atoms with Crippen molar-refractivity contribution < 1.29 is 18.3 Å². The van der Waals surface area contributed by atoms with Crippen LogP contribution in [0.2, 0.25) is 0 Å². The summed E-state index contributed by atoms with van der Waals surface area (Å²) in [4.78, 5) is 20.8. The molecular formula is C24H26FN7O3. The van der Waals surface area contributed by atoms with Gasteiger partial charge in [-0.1, -0.05) is 19.9 Å². The van der Waals surface area contributed by atoms with Crippen LogP contribution < -0.4 is 20.7 Å². The maximum atomic E-state index is 13.5. The Morgan fingerprint density at radius 2 is 1.80 bits per heavy atom. The Labute approximate surface area is 202 Å². The van der Waals surface area contributed by atoms with Gasteiger partial charge in [-0.25, -0.2) is 14.4 Å². The van der Waals surface area contributed by atoms with Crippen molar-refractivity contribution in [3.8, 4) is 17.2 Å². The van der Waals surface area contributed by atoms with Crippen LogP contribution in [0.1, 0.15) is 29.8 Å². The van der Waals surface area contributed by atoms with E-state index < -0.39 is 5.82 Å². The third-order valence-corrected chi connectivity index (χ3v) is 4.76. The summed E-state index contributed by atoms with van der Waals surface area (Å²) in [5.74, 6) is 0.814. The SMILES string of the molecule is CC.CNC(=O)c1cnc(Nc2cc(C)c(F)cn2)cc1Nc1cccc(-c2nnco2)c1OC. The number of nitrogens with zero attached hydrogens (tertiary/aromatic N) is 4. The molecule has 3 heterocycles. The first-order valence-electron chi connectivity index (χ1n) is 10.8. The third kappa shape index (κ3) is 5.69. The normalized spacial score (nSPS) is 10.1. The average Bonchev–Trinajstić information content (AvgIpc) is 3.42. The molecule has 35 heavy (non-hydrogen) atoms. The Morgan fingerprint density at radius 1 is 1.06 bits per heavy atom. The number of nitrogens with one attached hydrogen (secondary N) is 3. The number of anilines is 4. The number of rotatable bonds is 7. The van der Waals surface area contributed by atoms with Crippen LogP contribution >= 0.6 is 0 Å². The first-order valence-corrected chi connectivity index (χ1v) is 10.8. The van der Waals surface area contributed by atoms with Gasteiger partial charge >= 0.3 is 0 Å². The van der Waals surface area contributed by atoms with E-state index in [1.54, 1.807) is 37.3 Å². The van der Waals surface area contributed by atoms with Gasteiger partial charge in [0.2, 0.25) is 6.39 Å². The molecule has 1 aromatic carbocycles. The Morgan fingerprint density at radius 3 is 2.46 bits per heavy atom. The van der Waals surface area contributed by atoms with E-state index >= 15 is 0 Å². The highest BCUT2D eigenvalue weighted by Gasteiger charge is 2.18. The van der Waals surface area contributed by atoms with Gasteiger partial charge in [0, 0.05) is 19.3 Å². The fourth-order valence-corrected chi connectivity index (χ4v) is 3.14. The standard InChI is InChI=1S/C22H20FN7O3.C2H6/c1-12-7-18(26-10-15(12)23)29-19-8-17(14(9-25-19)21(31)24-2)28-16-6-4-5-13(20(16)32-3)22-30-27-11-33-22;1-2/h4-11H,1-3H3,(H,24,31)(H2,25,26,28,29);1-2H3. The van der Waals surface area contributed by atoms with E-state index in [1.807, 2.05) is 13.8 Å². The zero-order valence-corrected chi connectivity index (χ0v) is 20.0. The Kier molecular flexibility index (Phi) is 8.28. The van der Waals surface area contributed by atoms with Gasteiger partial charge in [0.25, 0.3) is 11.8 Å². The lowest BCUT2D eigenvalue weighted by Crippen LogP contribution is -2.19. The Hall–Kier alpha value is -4.54. The molecule has 0 unspecified atom stereocenters. The van der Waals surface area contributed by atoms with E-state index in [1.165, 1.54) is 26.7 Å². The number of pyridine rings is 2. The molecule has 0 fully saturated rings. The zero-order chi connectivity index (χ0) is 25.4. The smallest absolute Gasteiger partial charge is 0.254 e. The topological polar surface area (TPSA) is 127 Å². The van der Waals surface area contributed by atoms with Gasteiger partial charge in [0.15, 0.2) is 5.75 Å². The summed E-state index contributed by atoms with van der Waals surface area (Å²) in [6.45, 7) is 5.64. The van der Waals surface area contributed by atoms with Gasteiger partial charge in [0.1, 0.15) is 17.5 Å². The van der Waals surface area contributed by atoms with Crippen LogP contribution in [0.3, 0.4) is 0 Å². The molecule has 0 saturated heterocycles. The highest BCUT2D eigenvalue weighted by Crippen LogP contribution is 2.37. The van der Waals surface area contributed by atoms with Crippen molar-refractivity contribution in [2.75, 3.05) is 24.8 Å². The average molecular weight is 480 g/mol. The summed E-state index contributed by atoms with van der Waals surface area (Å²) in [7, 11) is 3.04. The lowest BCUT2D eigenvalue weighted by atomic mass is 10.1. The maximum Gasteiger partial charge on any atom is 0.254 e. The van der Waals surface area contributed by atoms with Crippen LogP contribution in [0.5, 0.6) is 5.75 Å². The van der Waals surface area contributed by atoms with E-state index in [4.69, 9.17) is 9.15 Å². The fourth-order valence-electron chi connectivity index (χ4n) is 3.14. The number of hydrogen-bond donors (Lipinski definition) is 3. The summed E-state index contributed by atoms with van der Waals surface area (Å²) in [6, 6.07) is 8.55. The number of halogens is 1. The molecule has 0 aliphatic carbocycles. The maximum absolute atomic E-state index is 13.5. The summed E-state index contributed by atoms with van der Waals surface area (Å²) in [5.41, 5.74) is 2.34. The molecule has 11 heteroatoms. The summed E-state index contributed by atoms with van der Waals surface area (Å²) >= 11 is 0. The predicted octanol–water partition coefficient (Wildman–Crippen LogP) is 4.86. The van der Waals surface area contributed by atoms with E-state index in [-0.39, 0.29) is 11.8 Å². The van der Waals surface area contributed by atoms with Crippen molar-refractivity contribution in [3.05, 3.63) is 66.1 Å². The summed E-state index contributed by atoms with van der Waals surface area (Å²) in [6.07, 6.45) is 3.78. The number of aryl methyl sites for hydroxylation is 1. The molecule has 10 nitrogen and oxygen atoms in total. The highest BCUT2D eigenvalue weighted by atomic mass is 19.1. The fraction of sp³-hybridized carbons (Fsp3) is 0.208. The quantitative estimate of drug-likeness (QED) is 0.341. The number of benzene rings is 1. The molecule has 0 aliphatic heterocycles. The van der Waals surface area contributed by atoms with E-state index in [2.05, 4.69) is 36.1 Å². The van der Waals surface area contributed by atoms with E-state index in [9.17, 15) is 9.18 Å². The van der Waals surface area contributed by atoms with Crippen molar-refractivity contribution in [1.82, 2.24) is 25.5 Å². The van der Waals surface area contributed by atoms with Crippen molar-refractivity contribution in [2.24, 2.45) is 0 Å². The first-order chi connectivity index (χ1) is 17.0.